The van der Waals surface area contributed by atoms with Crippen LogP contribution < -0.4 is 4.74 Å². The quantitative estimate of drug-likeness (QED) is 0.721. The van der Waals surface area contributed by atoms with Gasteiger partial charge in [-0.1, -0.05) is 15.9 Å². The topological polar surface area (TPSA) is 73.6 Å². The van der Waals surface area contributed by atoms with E-state index in [1.165, 1.54) is 21.2 Å². The van der Waals surface area contributed by atoms with Crippen LogP contribution in [-0.4, -0.2) is 44.8 Å². The maximum Gasteiger partial charge on any atom is 0.282 e. The Kier molecular flexibility index (Phi) is 5.95. The van der Waals surface area contributed by atoms with Crippen molar-refractivity contribution in [3.8, 4) is 11.8 Å². The zero-order chi connectivity index (χ0) is 15.3. The van der Waals surface area contributed by atoms with Crippen molar-refractivity contribution in [2.24, 2.45) is 0 Å². The fourth-order valence-corrected chi connectivity index (χ4v) is 2.98. The van der Waals surface area contributed by atoms with Crippen LogP contribution in [0.25, 0.3) is 0 Å². The molecule has 1 rings (SSSR count). The van der Waals surface area contributed by atoms with Crippen LogP contribution in [0.1, 0.15) is 5.56 Å². The van der Waals surface area contributed by atoms with Gasteiger partial charge in [0.15, 0.2) is 0 Å². The summed E-state index contributed by atoms with van der Waals surface area (Å²) in [7, 11) is 0.709. The maximum absolute atomic E-state index is 12.2. The van der Waals surface area contributed by atoms with E-state index in [4.69, 9.17) is 10.00 Å². The second-order valence-corrected chi connectivity index (χ2v) is 7.23. The second kappa shape index (κ2) is 7.04. The van der Waals surface area contributed by atoms with Crippen LogP contribution in [0.15, 0.2) is 22.7 Å². The number of benzene rings is 1. The third-order valence-electron chi connectivity index (χ3n) is 2.62. The molecule has 0 bridgehead atoms. The molecule has 0 aromatic heterocycles. The van der Waals surface area contributed by atoms with E-state index in [2.05, 4.69) is 15.9 Å². The van der Waals surface area contributed by atoms with Crippen LogP contribution in [0.2, 0.25) is 0 Å². The largest absolute Gasteiger partial charge is 0.496 e. The zero-order valence-corrected chi connectivity index (χ0v) is 13.9. The summed E-state index contributed by atoms with van der Waals surface area (Å²) < 4.78 is 32.5. The molecule has 1 aromatic carbocycles. The molecule has 110 valence electrons. The molecule has 0 saturated heterocycles. The minimum atomic E-state index is -3.66. The molecule has 0 amide bonds. The normalized spacial score (nSPS) is 11.7. The molecule has 0 atom stereocenters. The monoisotopic (exact) mass is 361 g/mol. The molecule has 20 heavy (non-hydrogen) atoms. The van der Waals surface area contributed by atoms with Gasteiger partial charge in [0.2, 0.25) is 0 Å². The van der Waals surface area contributed by atoms with Gasteiger partial charge in [-0.3, -0.25) is 0 Å². The van der Waals surface area contributed by atoms with Crippen LogP contribution in [0.4, 0.5) is 0 Å². The van der Waals surface area contributed by atoms with Gasteiger partial charge in [0.25, 0.3) is 10.2 Å². The highest BCUT2D eigenvalue weighted by Gasteiger charge is 2.25. The molecule has 8 heteroatoms. The van der Waals surface area contributed by atoms with Gasteiger partial charge in [-0.25, -0.2) is 0 Å². The predicted molar refractivity (Wildman–Crippen MR) is 79.3 cm³/mol. The predicted octanol–water partition coefficient (Wildman–Crippen LogP) is 1.59. The van der Waals surface area contributed by atoms with Gasteiger partial charge < -0.3 is 4.74 Å². The first kappa shape index (κ1) is 16.9. The Bertz CT molecular complexity index is 611. The van der Waals surface area contributed by atoms with Gasteiger partial charge in [0.05, 0.1) is 13.2 Å². The lowest BCUT2D eigenvalue weighted by Gasteiger charge is -2.23. The highest BCUT2D eigenvalue weighted by molar-refractivity contribution is 9.10. The Hall–Kier alpha value is -1.14. The minimum Gasteiger partial charge on any atom is -0.496 e. The highest BCUT2D eigenvalue weighted by atomic mass is 79.9. The first-order chi connectivity index (χ1) is 9.32. The summed E-state index contributed by atoms with van der Waals surface area (Å²) in [6.45, 7) is -0.160. The summed E-state index contributed by atoms with van der Waals surface area (Å²) in [6.07, 6.45) is 0. The number of nitriles is 1. The fraction of sp³-hybridized carbons (Fsp3) is 0.417. The molecule has 0 fully saturated rings. The lowest BCUT2D eigenvalue weighted by atomic mass is 10.2. The number of hydrogen-bond donors (Lipinski definition) is 0. The molecular weight excluding hydrogens is 346 g/mol. The van der Waals surface area contributed by atoms with Crippen LogP contribution in [-0.2, 0) is 16.8 Å². The van der Waals surface area contributed by atoms with E-state index < -0.39 is 10.2 Å². The third-order valence-corrected chi connectivity index (χ3v) is 4.95. The number of halogens is 1. The molecule has 6 nitrogen and oxygen atoms in total. The summed E-state index contributed by atoms with van der Waals surface area (Å²) in [5.41, 5.74) is 0.683. The molecule has 0 spiro atoms. The number of rotatable bonds is 6. The van der Waals surface area contributed by atoms with Crippen molar-refractivity contribution in [2.45, 2.75) is 6.54 Å². The van der Waals surface area contributed by atoms with Crippen molar-refractivity contribution in [3.63, 3.8) is 0 Å². The second-order valence-electron chi connectivity index (χ2n) is 4.17. The van der Waals surface area contributed by atoms with Crippen molar-refractivity contribution in [3.05, 3.63) is 28.2 Å². The average molecular weight is 362 g/mol. The summed E-state index contributed by atoms with van der Waals surface area (Å²) in [5, 5.41) is 8.83. The Morgan fingerprint density at radius 3 is 2.55 bits per heavy atom. The van der Waals surface area contributed by atoms with E-state index in [9.17, 15) is 8.42 Å². The molecule has 0 N–H and O–H groups in total. The number of methoxy groups -OCH3 is 1. The van der Waals surface area contributed by atoms with Crippen LogP contribution >= 0.6 is 15.9 Å². The first-order valence-electron chi connectivity index (χ1n) is 5.70. The Morgan fingerprint density at radius 2 is 2.05 bits per heavy atom. The lowest BCUT2D eigenvalue weighted by molar-refractivity contribution is 0.376. The molecule has 0 aliphatic heterocycles. The summed E-state index contributed by atoms with van der Waals surface area (Å²) in [6, 6.07) is 7.19. The molecular formula is C12H16BrN3O3S. The van der Waals surface area contributed by atoms with Gasteiger partial charge in [-0.15, -0.1) is 0 Å². The molecule has 0 unspecified atom stereocenters. The van der Waals surface area contributed by atoms with Gasteiger partial charge in [-0.2, -0.15) is 22.3 Å². The standard InChI is InChI=1S/C12H16BrN3O3S/c1-15(2)20(17,18)16(7-6-14)9-10-8-11(13)4-5-12(10)19-3/h4-5,8H,7,9H2,1-3H3. The minimum absolute atomic E-state index is 0.0662. The van der Waals surface area contributed by atoms with E-state index in [1.807, 2.05) is 6.07 Å². The van der Waals surface area contributed by atoms with Crippen molar-refractivity contribution in [2.75, 3.05) is 27.7 Å². The number of nitrogens with zero attached hydrogens (tertiary/aromatic N) is 3. The SMILES string of the molecule is COc1ccc(Br)cc1CN(CC#N)S(=O)(=O)N(C)C. The third kappa shape index (κ3) is 3.93. The Balaban J connectivity index is 3.15. The Labute approximate surface area is 127 Å². The van der Waals surface area contributed by atoms with Gasteiger partial charge >= 0.3 is 0 Å². The highest BCUT2D eigenvalue weighted by Crippen LogP contribution is 2.25. The van der Waals surface area contributed by atoms with E-state index in [0.717, 1.165) is 13.1 Å². The first-order valence-corrected chi connectivity index (χ1v) is 7.89. The van der Waals surface area contributed by atoms with Gasteiger partial charge in [0.1, 0.15) is 12.3 Å². The van der Waals surface area contributed by atoms with Crippen molar-refractivity contribution in [1.29, 1.82) is 5.26 Å². The molecule has 0 heterocycles. The summed E-state index contributed by atoms with van der Waals surface area (Å²) in [5.74, 6) is 0.574. The number of hydrogen-bond acceptors (Lipinski definition) is 4. The smallest absolute Gasteiger partial charge is 0.282 e. The molecule has 1 aromatic rings. The van der Waals surface area contributed by atoms with Crippen molar-refractivity contribution >= 4 is 26.1 Å². The fourth-order valence-electron chi connectivity index (χ4n) is 1.59. The average Bonchev–Trinajstić information content (AvgIpc) is 2.38. The van der Waals surface area contributed by atoms with Crippen LogP contribution in [0, 0.1) is 11.3 Å². The van der Waals surface area contributed by atoms with Crippen molar-refractivity contribution < 1.29 is 13.2 Å². The molecule has 0 saturated carbocycles. The molecule has 0 aliphatic carbocycles. The van der Waals surface area contributed by atoms with E-state index in [1.54, 1.807) is 18.2 Å². The van der Waals surface area contributed by atoms with E-state index >= 15 is 0 Å². The lowest BCUT2D eigenvalue weighted by Crippen LogP contribution is -2.39. The molecule has 0 aliphatic rings. The van der Waals surface area contributed by atoms with E-state index in [-0.39, 0.29) is 13.1 Å². The van der Waals surface area contributed by atoms with Crippen LogP contribution in [0.5, 0.6) is 5.75 Å². The zero-order valence-electron chi connectivity index (χ0n) is 11.5. The number of ether oxygens (including phenoxy) is 1. The molecule has 0 radical (unpaired) electrons. The van der Waals surface area contributed by atoms with Crippen LogP contribution in [0.3, 0.4) is 0 Å². The summed E-state index contributed by atoms with van der Waals surface area (Å²) >= 11 is 3.33. The Morgan fingerprint density at radius 1 is 1.40 bits per heavy atom. The maximum atomic E-state index is 12.2. The van der Waals surface area contributed by atoms with Gasteiger partial charge in [0, 0.05) is 30.7 Å². The van der Waals surface area contributed by atoms with Gasteiger partial charge in [-0.05, 0) is 18.2 Å². The van der Waals surface area contributed by atoms with Crippen molar-refractivity contribution in [1.82, 2.24) is 8.61 Å². The van der Waals surface area contributed by atoms with E-state index in [0.29, 0.717) is 11.3 Å². The summed E-state index contributed by atoms with van der Waals surface area (Å²) in [4.78, 5) is 0.